The Kier molecular flexibility index (Phi) is 4.21. The second kappa shape index (κ2) is 5.71. The molecule has 1 aromatic rings. The van der Waals surface area contributed by atoms with E-state index >= 15 is 0 Å². The molecule has 0 unspecified atom stereocenters. The smallest absolute Gasteiger partial charge is 0.306 e. The molecule has 1 aliphatic rings. The van der Waals surface area contributed by atoms with Crippen molar-refractivity contribution in [3.63, 3.8) is 0 Å². The average Bonchev–Trinajstić information content (AvgIpc) is 2.75. The number of nitrogens with one attached hydrogen (secondary N) is 1. The number of hydrogen-bond acceptors (Lipinski definition) is 4. The van der Waals surface area contributed by atoms with E-state index in [1.54, 1.807) is 6.20 Å². The fraction of sp³-hybridized carbons (Fsp3) is 0.692. The lowest BCUT2D eigenvalue weighted by Crippen LogP contribution is -2.44. The Morgan fingerprint density at radius 1 is 1.58 bits per heavy atom. The van der Waals surface area contributed by atoms with E-state index < -0.39 is 11.6 Å². The Hall–Kier alpha value is -1.40. The molecular formula is C13H21N3O3. The summed E-state index contributed by atoms with van der Waals surface area (Å²) in [4.78, 5) is 15.1. The van der Waals surface area contributed by atoms with Gasteiger partial charge in [0.25, 0.3) is 0 Å². The van der Waals surface area contributed by atoms with E-state index in [1.165, 1.54) is 0 Å². The van der Waals surface area contributed by atoms with Crippen molar-refractivity contribution in [1.82, 2.24) is 14.9 Å². The molecule has 0 aliphatic heterocycles. The third-order valence-corrected chi connectivity index (χ3v) is 3.92. The van der Waals surface area contributed by atoms with Crippen LogP contribution in [0.2, 0.25) is 0 Å². The van der Waals surface area contributed by atoms with Crippen molar-refractivity contribution in [3.8, 4) is 0 Å². The van der Waals surface area contributed by atoms with E-state index in [4.69, 9.17) is 5.11 Å². The molecule has 0 bridgehead atoms. The molecule has 3 N–H and O–H groups in total. The largest absolute Gasteiger partial charge is 0.481 e. The highest BCUT2D eigenvalue weighted by Crippen LogP contribution is 2.31. The molecule has 6 nitrogen and oxygen atoms in total. The summed E-state index contributed by atoms with van der Waals surface area (Å²) in [5.74, 6) is -0.124. The molecule has 0 atom stereocenters. The second-order valence-electron chi connectivity index (χ2n) is 5.39. The first-order valence-corrected chi connectivity index (χ1v) is 6.62. The highest BCUT2D eigenvalue weighted by Gasteiger charge is 2.35. The number of aliphatic carboxylic acids is 1. The van der Waals surface area contributed by atoms with Crippen molar-refractivity contribution in [1.29, 1.82) is 0 Å². The first kappa shape index (κ1) is 14.0. The summed E-state index contributed by atoms with van der Waals surface area (Å²) >= 11 is 0. The number of hydrogen-bond donors (Lipinski definition) is 3. The summed E-state index contributed by atoms with van der Waals surface area (Å²) in [5.41, 5.74) is -0.781. The lowest BCUT2D eigenvalue weighted by atomic mass is 9.79. The molecule has 1 aliphatic carbocycles. The maximum absolute atomic E-state index is 10.9. The summed E-state index contributed by atoms with van der Waals surface area (Å²) in [5, 5.41) is 22.5. The van der Waals surface area contributed by atoms with Gasteiger partial charge in [-0.1, -0.05) is 0 Å². The number of carbonyl (C=O) groups is 1. The fourth-order valence-corrected chi connectivity index (χ4v) is 2.55. The molecule has 6 heteroatoms. The SMILES string of the molecule is Cn1ccnc1CNCC1(O)CCC(C(=O)O)CC1. The molecule has 19 heavy (non-hydrogen) atoms. The van der Waals surface area contributed by atoms with Gasteiger partial charge < -0.3 is 20.1 Å². The van der Waals surface area contributed by atoms with Crippen LogP contribution in [0.1, 0.15) is 31.5 Å². The average molecular weight is 267 g/mol. The van der Waals surface area contributed by atoms with Gasteiger partial charge in [0, 0.05) is 26.0 Å². The van der Waals surface area contributed by atoms with Gasteiger partial charge in [-0.25, -0.2) is 4.98 Å². The summed E-state index contributed by atoms with van der Waals surface area (Å²) in [6, 6.07) is 0. The van der Waals surface area contributed by atoms with E-state index in [0.717, 1.165) is 5.82 Å². The third kappa shape index (κ3) is 3.54. The number of nitrogens with zero attached hydrogens (tertiary/aromatic N) is 2. The molecule has 0 aromatic carbocycles. The van der Waals surface area contributed by atoms with E-state index in [1.807, 2.05) is 17.8 Å². The molecule has 0 radical (unpaired) electrons. The van der Waals surface area contributed by atoms with Crippen LogP contribution >= 0.6 is 0 Å². The van der Waals surface area contributed by atoms with Crippen LogP contribution in [0, 0.1) is 5.92 Å². The third-order valence-electron chi connectivity index (χ3n) is 3.92. The van der Waals surface area contributed by atoms with Crippen LogP contribution in [0.3, 0.4) is 0 Å². The van der Waals surface area contributed by atoms with Crippen LogP contribution in [0.5, 0.6) is 0 Å². The Morgan fingerprint density at radius 2 is 2.26 bits per heavy atom. The lowest BCUT2D eigenvalue weighted by molar-refractivity contribution is -0.144. The summed E-state index contributed by atoms with van der Waals surface area (Å²) < 4.78 is 1.93. The van der Waals surface area contributed by atoms with Gasteiger partial charge in [0.2, 0.25) is 0 Å². The second-order valence-corrected chi connectivity index (χ2v) is 5.39. The quantitative estimate of drug-likeness (QED) is 0.724. The van der Waals surface area contributed by atoms with Crippen molar-refractivity contribution in [3.05, 3.63) is 18.2 Å². The molecule has 106 valence electrons. The number of aryl methyl sites for hydroxylation is 1. The zero-order chi connectivity index (χ0) is 13.9. The Labute approximate surface area is 112 Å². The van der Waals surface area contributed by atoms with Gasteiger partial charge in [0.05, 0.1) is 18.1 Å². The van der Waals surface area contributed by atoms with Gasteiger partial charge in [-0.15, -0.1) is 0 Å². The van der Waals surface area contributed by atoms with Gasteiger partial charge in [-0.05, 0) is 25.7 Å². The minimum absolute atomic E-state index is 0.296. The Bertz CT molecular complexity index is 436. The van der Waals surface area contributed by atoms with Gasteiger partial charge in [-0.2, -0.15) is 0 Å². The predicted molar refractivity (Wildman–Crippen MR) is 69.5 cm³/mol. The van der Waals surface area contributed by atoms with Crippen LogP contribution in [-0.4, -0.2) is 37.9 Å². The van der Waals surface area contributed by atoms with E-state index in [0.29, 0.717) is 38.8 Å². The summed E-state index contributed by atoms with van der Waals surface area (Å²) in [6.45, 7) is 1.08. The molecule has 0 saturated heterocycles. The predicted octanol–water partition coefficient (Wildman–Crippen LogP) is 0.516. The van der Waals surface area contributed by atoms with Gasteiger partial charge >= 0.3 is 5.97 Å². The molecule has 2 rings (SSSR count). The zero-order valence-electron chi connectivity index (χ0n) is 11.2. The maximum Gasteiger partial charge on any atom is 0.306 e. The van der Waals surface area contributed by atoms with Crippen molar-refractivity contribution < 1.29 is 15.0 Å². The van der Waals surface area contributed by atoms with Crippen LogP contribution in [0.25, 0.3) is 0 Å². The molecular weight excluding hydrogens is 246 g/mol. The maximum atomic E-state index is 10.9. The number of imidazole rings is 1. The minimum Gasteiger partial charge on any atom is -0.481 e. The van der Waals surface area contributed by atoms with E-state index in [2.05, 4.69) is 10.3 Å². The molecule has 1 saturated carbocycles. The first-order chi connectivity index (χ1) is 9.00. The van der Waals surface area contributed by atoms with Crippen molar-refractivity contribution in [2.75, 3.05) is 6.54 Å². The van der Waals surface area contributed by atoms with Gasteiger partial charge in [0.15, 0.2) is 0 Å². The van der Waals surface area contributed by atoms with Crippen LogP contribution in [0.15, 0.2) is 12.4 Å². The van der Waals surface area contributed by atoms with Crippen LogP contribution in [-0.2, 0) is 18.4 Å². The van der Waals surface area contributed by atoms with Crippen molar-refractivity contribution in [2.24, 2.45) is 13.0 Å². The van der Waals surface area contributed by atoms with Crippen LogP contribution < -0.4 is 5.32 Å². The van der Waals surface area contributed by atoms with E-state index in [-0.39, 0.29) is 5.92 Å². The molecule has 1 aromatic heterocycles. The normalized spacial score (nSPS) is 27.4. The fourth-order valence-electron chi connectivity index (χ4n) is 2.55. The topological polar surface area (TPSA) is 87.4 Å². The Morgan fingerprint density at radius 3 is 2.79 bits per heavy atom. The van der Waals surface area contributed by atoms with Crippen molar-refractivity contribution in [2.45, 2.75) is 37.8 Å². The number of rotatable bonds is 5. The zero-order valence-corrected chi connectivity index (χ0v) is 11.2. The molecule has 0 spiro atoms. The lowest BCUT2D eigenvalue weighted by Gasteiger charge is -2.34. The molecule has 1 fully saturated rings. The van der Waals surface area contributed by atoms with E-state index in [9.17, 15) is 9.90 Å². The van der Waals surface area contributed by atoms with Crippen molar-refractivity contribution >= 4 is 5.97 Å². The number of carboxylic acids is 1. The van der Waals surface area contributed by atoms with Gasteiger partial charge in [0.1, 0.15) is 5.82 Å². The number of carboxylic acid groups (broad SMARTS) is 1. The highest BCUT2D eigenvalue weighted by atomic mass is 16.4. The molecule has 0 amide bonds. The highest BCUT2D eigenvalue weighted by molar-refractivity contribution is 5.70. The minimum atomic E-state index is -0.781. The van der Waals surface area contributed by atoms with Crippen LogP contribution in [0.4, 0.5) is 0 Å². The number of aromatic nitrogens is 2. The number of aliphatic hydroxyl groups is 1. The monoisotopic (exact) mass is 267 g/mol. The standard InChI is InChI=1S/C13H21N3O3/c1-16-7-6-15-11(16)8-14-9-13(19)4-2-10(3-5-13)12(17)18/h6-7,10,14,19H,2-5,8-9H2,1H3,(H,17,18). The molecule has 1 heterocycles. The van der Waals surface area contributed by atoms with Gasteiger partial charge in [-0.3, -0.25) is 4.79 Å². The summed E-state index contributed by atoms with van der Waals surface area (Å²) in [6.07, 6.45) is 5.80. The summed E-state index contributed by atoms with van der Waals surface area (Å²) in [7, 11) is 1.93. The first-order valence-electron chi connectivity index (χ1n) is 6.62. The Balaban J connectivity index is 1.77.